The van der Waals surface area contributed by atoms with Gasteiger partial charge in [-0.2, -0.15) is 0 Å². The van der Waals surface area contributed by atoms with Crippen molar-refractivity contribution >= 4 is 46.6 Å². The maximum Gasteiger partial charge on any atom is 0.234 e. The Labute approximate surface area is 165 Å². The summed E-state index contributed by atoms with van der Waals surface area (Å²) in [6.45, 7) is 0. The summed E-state index contributed by atoms with van der Waals surface area (Å²) in [4.78, 5) is 16.5. The third kappa shape index (κ3) is 4.52. The van der Waals surface area contributed by atoms with E-state index in [1.165, 1.54) is 11.8 Å². The van der Waals surface area contributed by atoms with Crippen LogP contribution in [0.1, 0.15) is 0 Å². The number of amides is 1. The number of carbonyl (C=O) groups is 1. The van der Waals surface area contributed by atoms with Crippen LogP contribution < -0.4 is 10.1 Å². The van der Waals surface area contributed by atoms with E-state index in [2.05, 4.69) is 10.3 Å². The zero-order valence-electron chi connectivity index (χ0n) is 13.8. The number of hydrogen-bond donors (Lipinski definition) is 1. The summed E-state index contributed by atoms with van der Waals surface area (Å²) < 4.78 is 7.07. The molecule has 3 rings (SSSR count). The third-order valence-corrected chi connectivity index (χ3v) is 5.02. The van der Waals surface area contributed by atoms with Crippen LogP contribution in [-0.2, 0) is 4.79 Å². The fourth-order valence-corrected chi connectivity index (χ4v) is 3.36. The van der Waals surface area contributed by atoms with Gasteiger partial charge in [0, 0.05) is 23.1 Å². The molecule has 0 unspecified atom stereocenters. The molecule has 1 heterocycles. The highest BCUT2D eigenvalue weighted by Gasteiger charge is 2.11. The zero-order chi connectivity index (χ0) is 18.5. The maximum absolute atomic E-state index is 12.2. The minimum atomic E-state index is -0.191. The Morgan fingerprint density at radius 3 is 2.73 bits per heavy atom. The van der Waals surface area contributed by atoms with Gasteiger partial charge in [-0.3, -0.25) is 9.36 Å². The second-order valence-electron chi connectivity index (χ2n) is 5.24. The quantitative estimate of drug-likeness (QED) is 0.589. The number of methoxy groups -OCH3 is 1. The molecule has 5 nitrogen and oxygen atoms in total. The number of nitrogens with one attached hydrogen (secondary N) is 1. The highest BCUT2D eigenvalue weighted by atomic mass is 35.5. The van der Waals surface area contributed by atoms with Crippen LogP contribution in [0.5, 0.6) is 5.75 Å². The number of nitrogens with zero attached hydrogens (tertiary/aromatic N) is 2. The Kier molecular flexibility index (Phi) is 6.08. The first-order valence-corrected chi connectivity index (χ1v) is 9.36. The third-order valence-electron chi connectivity index (χ3n) is 3.49. The van der Waals surface area contributed by atoms with Crippen molar-refractivity contribution in [2.45, 2.75) is 5.16 Å². The lowest BCUT2D eigenvalue weighted by Crippen LogP contribution is -2.14. The Morgan fingerprint density at radius 1 is 1.23 bits per heavy atom. The number of hydrogen-bond acceptors (Lipinski definition) is 4. The first-order valence-electron chi connectivity index (χ1n) is 7.62. The van der Waals surface area contributed by atoms with Crippen LogP contribution in [0.15, 0.2) is 60.0 Å². The summed E-state index contributed by atoms with van der Waals surface area (Å²) in [5, 5.41) is 4.41. The summed E-state index contributed by atoms with van der Waals surface area (Å²) >= 11 is 13.3. The maximum atomic E-state index is 12.2. The van der Waals surface area contributed by atoms with E-state index in [1.54, 1.807) is 31.5 Å². The van der Waals surface area contributed by atoms with Gasteiger partial charge in [-0.15, -0.1) is 0 Å². The lowest BCUT2D eigenvalue weighted by Gasteiger charge is -2.09. The number of aromatic nitrogens is 2. The van der Waals surface area contributed by atoms with Crippen molar-refractivity contribution in [2.24, 2.45) is 0 Å². The Morgan fingerprint density at radius 2 is 2.00 bits per heavy atom. The van der Waals surface area contributed by atoms with Gasteiger partial charge in [-0.05, 0) is 42.5 Å². The smallest absolute Gasteiger partial charge is 0.234 e. The number of ether oxygens (including phenoxy) is 1. The predicted octanol–water partition coefficient (Wildman–Crippen LogP) is 4.92. The van der Waals surface area contributed by atoms with Crippen LogP contribution in [0.2, 0.25) is 10.0 Å². The average Bonchev–Trinajstić information content (AvgIpc) is 3.12. The van der Waals surface area contributed by atoms with Crippen molar-refractivity contribution < 1.29 is 9.53 Å². The molecule has 0 fully saturated rings. The number of thioether (sulfide) groups is 1. The average molecular weight is 408 g/mol. The van der Waals surface area contributed by atoms with Crippen LogP contribution in [0, 0.1) is 0 Å². The molecule has 0 bridgehead atoms. The van der Waals surface area contributed by atoms with Gasteiger partial charge in [-0.25, -0.2) is 4.98 Å². The van der Waals surface area contributed by atoms with Gasteiger partial charge in [-0.1, -0.05) is 35.0 Å². The standard InChI is InChI=1S/C18H15Cl2N3O2S/c1-25-14-5-3-13(4-6-14)23-9-8-21-18(23)26-11-17(24)22-16-10-12(19)2-7-15(16)20/h2-10H,11H2,1H3,(H,22,24). The Hall–Kier alpha value is -2.15. The summed E-state index contributed by atoms with van der Waals surface area (Å²) in [7, 11) is 1.62. The van der Waals surface area contributed by atoms with Crippen molar-refractivity contribution in [1.82, 2.24) is 9.55 Å². The fraction of sp³-hybridized carbons (Fsp3) is 0.111. The van der Waals surface area contributed by atoms with Gasteiger partial charge in [0.2, 0.25) is 5.91 Å². The first-order chi connectivity index (χ1) is 12.6. The van der Waals surface area contributed by atoms with E-state index in [-0.39, 0.29) is 11.7 Å². The van der Waals surface area contributed by atoms with Crippen LogP contribution in [0.4, 0.5) is 5.69 Å². The molecule has 0 saturated carbocycles. The van der Waals surface area contributed by atoms with Crippen LogP contribution in [0.25, 0.3) is 5.69 Å². The highest BCUT2D eigenvalue weighted by molar-refractivity contribution is 7.99. The summed E-state index contributed by atoms with van der Waals surface area (Å²) in [6, 6.07) is 12.5. The lowest BCUT2D eigenvalue weighted by atomic mass is 10.3. The molecule has 134 valence electrons. The van der Waals surface area contributed by atoms with Crippen molar-refractivity contribution in [3.05, 3.63) is 64.9 Å². The van der Waals surface area contributed by atoms with Crippen molar-refractivity contribution in [2.75, 3.05) is 18.2 Å². The van der Waals surface area contributed by atoms with Gasteiger partial charge in [0.05, 0.1) is 23.6 Å². The Balaban J connectivity index is 1.66. The van der Waals surface area contributed by atoms with E-state index in [9.17, 15) is 4.79 Å². The highest BCUT2D eigenvalue weighted by Crippen LogP contribution is 2.26. The van der Waals surface area contributed by atoms with E-state index in [4.69, 9.17) is 27.9 Å². The van der Waals surface area contributed by atoms with Gasteiger partial charge in [0.25, 0.3) is 0 Å². The van der Waals surface area contributed by atoms with Crippen LogP contribution in [-0.4, -0.2) is 28.3 Å². The molecular formula is C18H15Cl2N3O2S. The van der Waals surface area contributed by atoms with E-state index >= 15 is 0 Å². The van der Waals surface area contributed by atoms with Crippen LogP contribution >= 0.6 is 35.0 Å². The topological polar surface area (TPSA) is 56.2 Å². The van der Waals surface area contributed by atoms with E-state index < -0.39 is 0 Å². The second-order valence-corrected chi connectivity index (χ2v) is 7.02. The summed E-state index contributed by atoms with van der Waals surface area (Å²) in [5.74, 6) is 0.778. The molecule has 1 amide bonds. The molecule has 0 aliphatic rings. The van der Waals surface area contributed by atoms with E-state index in [0.717, 1.165) is 11.4 Å². The normalized spacial score (nSPS) is 10.6. The number of halogens is 2. The van der Waals surface area contributed by atoms with E-state index in [0.29, 0.717) is 20.9 Å². The van der Waals surface area contributed by atoms with Crippen LogP contribution in [0.3, 0.4) is 0 Å². The lowest BCUT2D eigenvalue weighted by molar-refractivity contribution is -0.113. The first kappa shape index (κ1) is 18.6. The summed E-state index contributed by atoms with van der Waals surface area (Å²) in [5.41, 5.74) is 1.42. The molecule has 0 spiro atoms. The molecule has 1 N–H and O–H groups in total. The van der Waals surface area contributed by atoms with Gasteiger partial charge < -0.3 is 10.1 Å². The minimum absolute atomic E-state index is 0.190. The zero-order valence-corrected chi connectivity index (χ0v) is 16.1. The largest absolute Gasteiger partial charge is 0.497 e. The predicted molar refractivity (Wildman–Crippen MR) is 106 cm³/mol. The number of anilines is 1. The molecular weight excluding hydrogens is 393 g/mol. The van der Waals surface area contributed by atoms with Gasteiger partial charge >= 0.3 is 0 Å². The Bertz CT molecular complexity index is 913. The molecule has 2 aromatic carbocycles. The van der Waals surface area contributed by atoms with Crippen molar-refractivity contribution in [3.63, 3.8) is 0 Å². The second kappa shape index (κ2) is 8.49. The summed E-state index contributed by atoms with van der Waals surface area (Å²) in [6.07, 6.45) is 3.54. The van der Waals surface area contributed by atoms with Gasteiger partial charge in [0.15, 0.2) is 5.16 Å². The molecule has 1 aromatic heterocycles. The number of rotatable bonds is 6. The molecule has 0 saturated heterocycles. The fourth-order valence-electron chi connectivity index (χ4n) is 2.25. The molecule has 26 heavy (non-hydrogen) atoms. The minimum Gasteiger partial charge on any atom is -0.497 e. The monoisotopic (exact) mass is 407 g/mol. The number of benzene rings is 2. The van der Waals surface area contributed by atoms with Gasteiger partial charge in [0.1, 0.15) is 5.75 Å². The van der Waals surface area contributed by atoms with Crippen molar-refractivity contribution in [1.29, 1.82) is 0 Å². The molecule has 0 atom stereocenters. The van der Waals surface area contributed by atoms with E-state index in [1.807, 2.05) is 35.0 Å². The number of imidazole rings is 1. The molecule has 0 aliphatic heterocycles. The SMILES string of the molecule is COc1ccc(-n2ccnc2SCC(=O)Nc2cc(Cl)ccc2Cl)cc1. The number of carbonyl (C=O) groups excluding carboxylic acids is 1. The molecule has 0 radical (unpaired) electrons. The molecule has 3 aromatic rings. The molecule has 8 heteroatoms. The molecule has 0 aliphatic carbocycles. The van der Waals surface area contributed by atoms with Crippen molar-refractivity contribution in [3.8, 4) is 11.4 Å².